The Morgan fingerprint density at radius 1 is 1.37 bits per heavy atom. The molecule has 2 atom stereocenters. The lowest BCUT2D eigenvalue weighted by atomic mass is 10.1. The molecule has 1 heterocycles. The highest BCUT2D eigenvalue weighted by Crippen LogP contribution is 2.35. The molecule has 5 nitrogen and oxygen atoms in total. The Hall–Kier alpha value is -2.79. The van der Waals surface area contributed by atoms with Gasteiger partial charge in [0.25, 0.3) is 0 Å². The van der Waals surface area contributed by atoms with Gasteiger partial charge in [0.1, 0.15) is 23.4 Å². The van der Waals surface area contributed by atoms with Gasteiger partial charge in [-0.1, -0.05) is 24.3 Å². The van der Waals surface area contributed by atoms with Gasteiger partial charge >= 0.3 is 0 Å². The van der Waals surface area contributed by atoms with E-state index in [0.29, 0.717) is 6.54 Å². The topological polar surface area (TPSA) is 46.1 Å². The minimum atomic E-state index is 0.00431. The second kappa shape index (κ2) is 8.73. The molecule has 2 aromatic carbocycles. The fraction of sp³-hybridized carbons (Fsp3) is 0.318. The van der Waals surface area contributed by atoms with E-state index in [2.05, 4.69) is 41.0 Å². The fourth-order valence-electron chi connectivity index (χ4n) is 3.29. The van der Waals surface area contributed by atoms with Gasteiger partial charge in [0, 0.05) is 12.6 Å². The van der Waals surface area contributed by atoms with E-state index in [1.807, 2.05) is 49.4 Å². The minimum absolute atomic E-state index is 0.00431. The summed E-state index contributed by atoms with van der Waals surface area (Å²) in [6, 6.07) is 16.4. The van der Waals surface area contributed by atoms with Gasteiger partial charge in [0.2, 0.25) is 0 Å². The normalized spacial score (nSPS) is 17.7. The van der Waals surface area contributed by atoms with E-state index in [1.165, 1.54) is 5.56 Å². The highest BCUT2D eigenvalue weighted by Gasteiger charge is 2.27. The molecular formula is C22H27N3O2. The van der Waals surface area contributed by atoms with Crippen LogP contribution in [0.4, 0.5) is 5.69 Å². The Labute approximate surface area is 161 Å². The first-order valence-electron chi connectivity index (χ1n) is 9.19. The van der Waals surface area contributed by atoms with Crippen LogP contribution in [0.15, 0.2) is 65.4 Å². The van der Waals surface area contributed by atoms with Crippen molar-refractivity contribution in [3.05, 3.63) is 66.0 Å². The van der Waals surface area contributed by atoms with Crippen LogP contribution in [0.2, 0.25) is 0 Å². The molecule has 0 spiro atoms. The number of hydrogen-bond acceptors (Lipinski definition) is 5. The highest BCUT2D eigenvalue weighted by atomic mass is 16.5. The summed E-state index contributed by atoms with van der Waals surface area (Å²) in [5, 5.41) is 3.57. The first-order valence-corrected chi connectivity index (χ1v) is 9.19. The first-order chi connectivity index (χ1) is 13.2. The van der Waals surface area contributed by atoms with Crippen molar-refractivity contribution in [1.82, 2.24) is 5.32 Å². The Balaban J connectivity index is 1.71. The summed E-state index contributed by atoms with van der Waals surface area (Å²) >= 11 is 0. The summed E-state index contributed by atoms with van der Waals surface area (Å²) in [7, 11) is 1.69. The summed E-state index contributed by atoms with van der Waals surface area (Å²) in [5.41, 5.74) is 2.21. The zero-order valence-electron chi connectivity index (χ0n) is 16.2. The maximum Gasteiger partial charge on any atom is 0.143 e. The molecule has 2 aromatic rings. The molecule has 0 aliphatic carbocycles. The maximum absolute atomic E-state index is 6.21. The van der Waals surface area contributed by atoms with Crippen LogP contribution in [0.5, 0.6) is 11.5 Å². The lowest BCUT2D eigenvalue weighted by Gasteiger charge is -2.36. The number of nitrogens with one attached hydrogen (secondary N) is 1. The van der Waals surface area contributed by atoms with Gasteiger partial charge in [-0.3, -0.25) is 0 Å². The van der Waals surface area contributed by atoms with Crippen LogP contribution < -0.4 is 19.7 Å². The number of rotatable bonds is 7. The molecule has 5 heteroatoms. The van der Waals surface area contributed by atoms with Crippen molar-refractivity contribution in [2.45, 2.75) is 26.0 Å². The third-order valence-electron chi connectivity index (χ3n) is 4.78. The molecule has 0 aromatic heterocycles. The van der Waals surface area contributed by atoms with Crippen molar-refractivity contribution in [1.29, 1.82) is 0 Å². The van der Waals surface area contributed by atoms with Crippen molar-refractivity contribution in [2.24, 2.45) is 4.99 Å². The Morgan fingerprint density at radius 2 is 2.19 bits per heavy atom. The summed E-state index contributed by atoms with van der Waals surface area (Å²) < 4.78 is 11.5. The lowest BCUT2D eigenvalue weighted by Crippen LogP contribution is -2.45. The summed E-state index contributed by atoms with van der Waals surface area (Å²) in [6.07, 6.45) is 1.98. The van der Waals surface area contributed by atoms with Gasteiger partial charge in [-0.25, -0.2) is 4.99 Å². The van der Waals surface area contributed by atoms with Gasteiger partial charge in [-0.2, -0.15) is 0 Å². The molecule has 142 valence electrons. The minimum Gasteiger partial charge on any atom is -0.497 e. The van der Waals surface area contributed by atoms with Crippen LogP contribution in [0, 0.1) is 0 Å². The Morgan fingerprint density at radius 3 is 2.93 bits per heavy atom. The zero-order valence-corrected chi connectivity index (χ0v) is 16.2. The van der Waals surface area contributed by atoms with E-state index in [-0.39, 0.29) is 12.1 Å². The monoisotopic (exact) mass is 365 g/mol. The molecule has 0 saturated heterocycles. The Bertz CT molecular complexity index is 819. The summed E-state index contributed by atoms with van der Waals surface area (Å²) in [6.45, 7) is 9.26. The molecular weight excluding hydrogens is 338 g/mol. The smallest absolute Gasteiger partial charge is 0.143 e. The molecule has 0 radical (unpaired) electrons. The summed E-state index contributed by atoms with van der Waals surface area (Å²) in [4.78, 5) is 6.33. The van der Waals surface area contributed by atoms with Crippen LogP contribution in [0.25, 0.3) is 0 Å². The maximum atomic E-state index is 6.21. The van der Waals surface area contributed by atoms with Gasteiger partial charge in [-0.05, 0) is 56.5 Å². The molecule has 3 rings (SSSR count). The predicted molar refractivity (Wildman–Crippen MR) is 111 cm³/mol. The van der Waals surface area contributed by atoms with E-state index in [1.54, 1.807) is 7.11 Å². The second-order valence-corrected chi connectivity index (χ2v) is 6.53. The molecule has 0 bridgehead atoms. The third-order valence-corrected chi connectivity index (χ3v) is 4.78. The molecule has 0 saturated carbocycles. The summed E-state index contributed by atoms with van der Waals surface area (Å²) in [5.74, 6) is 2.58. The van der Waals surface area contributed by atoms with Crippen molar-refractivity contribution in [2.75, 3.05) is 25.1 Å². The fourth-order valence-corrected chi connectivity index (χ4v) is 3.29. The number of para-hydroxylation sites is 2. The average molecular weight is 365 g/mol. The van der Waals surface area contributed by atoms with E-state index in [0.717, 1.165) is 29.6 Å². The molecule has 0 fully saturated rings. The van der Waals surface area contributed by atoms with Gasteiger partial charge in [-0.15, -0.1) is 0 Å². The van der Waals surface area contributed by atoms with E-state index >= 15 is 0 Å². The number of nitrogens with zero attached hydrogens (tertiary/aromatic N) is 2. The number of fused-ring (bicyclic) bond motifs is 1. The quantitative estimate of drug-likeness (QED) is 0.748. The largest absolute Gasteiger partial charge is 0.497 e. The highest BCUT2D eigenvalue weighted by molar-refractivity contribution is 5.64. The SMILES string of the molecule is C=N/C(=C\C)N1CC(CN[C@H](C)c2cccc(OC)c2)Oc2ccccc21. The second-order valence-electron chi connectivity index (χ2n) is 6.53. The number of benzene rings is 2. The van der Waals surface area contributed by atoms with E-state index in [4.69, 9.17) is 9.47 Å². The predicted octanol–water partition coefficient (Wildman–Crippen LogP) is 4.18. The van der Waals surface area contributed by atoms with Crippen LogP contribution in [-0.4, -0.2) is 33.0 Å². The van der Waals surface area contributed by atoms with Gasteiger partial charge < -0.3 is 19.7 Å². The number of allylic oxidation sites excluding steroid dienone is 1. The molecule has 1 unspecified atom stereocenters. The first kappa shape index (κ1) is 19.0. The number of anilines is 1. The van der Waals surface area contributed by atoms with Gasteiger partial charge in [0.05, 0.1) is 19.3 Å². The van der Waals surface area contributed by atoms with Gasteiger partial charge in [0.15, 0.2) is 0 Å². The van der Waals surface area contributed by atoms with Crippen LogP contribution in [0.3, 0.4) is 0 Å². The molecule has 1 N–H and O–H groups in total. The molecule has 27 heavy (non-hydrogen) atoms. The van der Waals surface area contributed by atoms with Crippen molar-refractivity contribution < 1.29 is 9.47 Å². The number of ether oxygens (including phenoxy) is 2. The Kier molecular flexibility index (Phi) is 6.14. The van der Waals surface area contributed by atoms with Crippen LogP contribution >= 0.6 is 0 Å². The average Bonchev–Trinajstić information content (AvgIpc) is 2.72. The van der Waals surface area contributed by atoms with Crippen molar-refractivity contribution in [3.63, 3.8) is 0 Å². The zero-order chi connectivity index (χ0) is 19.2. The van der Waals surface area contributed by atoms with Crippen molar-refractivity contribution >= 4 is 12.4 Å². The standard InChI is InChI=1S/C22H27N3O2/c1-5-22(23-3)25-15-19(27-21-12-7-6-11-20(21)25)14-24-16(2)17-9-8-10-18(13-17)26-4/h5-13,16,19,24H,3,14-15H2,1-2,4H3/b22-5+/t16-,19?/m1/s1. The van der Waals surface area contributed by atoms with E-state index in [9.17, 15) is 0 Å². The number of aliphatic imine (C=N–C) groups is 1. The van der Waals surface area contributed by atoms with Crippen LogP contribution in [-0.2, 0) is 0 Å². The number of hydrogen-bond donors (Lipinski definition) is 1. The molecule has 0 amide bonds. The molecule has 1 aliphatic heterocycles. The van der Waals surface area contributed by atoms with Crippen molar-refractivity contribution in [3.8, 4) is 11.5 Å². The molecule has 1 aliphatic rings. The van der Waals surface area contributed by atoms with Crippen LogP contribution in [0.1, 0.15) is 25.5 Å². The van der Waals surface area contributed by atoms with E-state index < -0.39 is 0 Å². The number of methoxy groups -OCH3 is 1. The third kappa shape index (κ3) is 4.31. The lowest BCUT2D eigenvalue weighted by molar-refractivity contribution is 0.188.